The third kappa shape index (κ3) is 3.61. The minimum atomic E-state index is -4.01. The van der Waals surface area contributed by atoms with Gasteiger partial charge in [0.2, 0.25) is 10.0 Å². The molecule has 1 aromatic heterocycles. The lowest BCUT2D eigenvalue weighted by Gasteiger charge is -2.23. The second-order valence-corrected chi connectivity index (χ2v) is 9.79. The Morgan fingerprint density at radius 2 is 1.66 bits per heavy atom. The highest BCUT2D eigenvalue weighted by atomic mass is 32.2. The van der Waals surface area contributed by atoms with Gasteiger partial charge < -0.3 is 9.64 Å². The van der Waals surface area contributed by atoms with Crippen molar-refractivity contribution in [2.45, 2.75) is 24.3 Å². The summed E-state index contributed by atoms with van der Waals surface area (Å²) in [4.78, 5) is 16.4. The number of aryl methyl sites for hydroxylation is 1. The number of para-hydroxylation sites is 1. The van der Waals surface area contributed by atoms with E-state index in [4.69, 9.17) is 4.65 Å². The van der Waals surface area contributed by atoms with Gasteiger partial charge in [-0.1, -0.05) is 66.2 Å². The van der Waals surface area contributed by atoms with Gasteiger partial charge >= 0.3 is 13.0 Å². The number of carbonyl (C=O) groups is 1. The number of rotatable bonds is 5. The summed E-state index contributed by atoms with van der Waals surface area (Å²) < 4.78 is 34.3. The number of nitrogens with zero attached hydrogens (tertiary/aromatic N) is 1. The number of fused-ring (bicyclic) bond motifs is 1. The Hall–Kier alpha value is -3.36. The summed E-state index contributed by atoms with van der Waals surface area (Å²) in [7, 11) is -5.04. The number of sulfonamides is 1. The van der Waals surface area contributed by atoms with Gasteiger partial charge in [0.15, 0.2) is 0 Å². The molecule has 0 bridgehead atoms. The number of H-pyrrole nitrogens is 1. The fraction of sp³-hybridized carbons (Fsp3) is 0.125. The topological polar surface area (TPSA) is 79.5 Å². The molecule has 8 heteroatoms. The molecule has 6 nitrogen and oxygen atoms in total. The highest BCUT2D eigenvalue weighted by Crippen LogP contribution is 2.28. The number of aromatic nitrogens is 1. The zero-order valence-corrected chi connectivity index (χ0v) is 18.2. The SMILES string of the molecule is Cc1ccc(S(=O)(=O)N2B(c3ccccc3)OC(=O)[C@H]2Cc2cc3ccccc3[nH]2)cc1. The van der Waals surface area contributed by atoms with Crippen LogP contribution in [0.1, 0.15) is 11.3 Å². The lowest BCUT2D eigenvalue weighted by molar-refractivity contribution is -0.134. The highest BCUT2D eigenvalue weighted by Gasteiger charge is 2.53. The maximum absolute atomic E-state index is 13.7. The van der Waals surface area contributed by atoms with E-state index in [2.05, 4.69) is 4.98 Å². The molecular formula is C24H21BN2O4S. The molecule has 0 saturated carbocycles. The van der Waals surface area contributed by atoms with Crippen LogP contribution in [0.3, 0.4) is 0 Å². The predicted molar refractivity (Wildman–Crippen MR) is 124 cm³/mol. The molecule has 1 atom stereocenters. The molecule has 0 radical (unpaired) electrons. The second kappa shape index (κ2) is 7.96. The quantitative estimate of drug-likeness (QED) is 0.480. The van der Waals surface area contributed by atoms with Crippen LogP contribution in [-0.2, 0) is 25.9 Å². The maximum atomic E-state index is 13.7. The fourth-order valence-electron chi connectivity index (χ4n) is 4.09. The maximum Gasteiger partial charge on any atom is 0.502 e. The van der Waals surface area contributed by atoms with Crippen LogP contribution < -0.4 is 5.46 Å². The van der Waals surface area contributed by atoms with E-state index in [1.54, 1.807) is 48.5 Å². The van der Waals surface area contributed by atoms with Crippen molar-refractivity contribution in [3.63, 3.8) is 0 Å². The molecule has 0 spiro atoms. The molecule has 0 aliphatic carbocycles. The summed E-state index contributed by atoms with van der Waals surface area (Å²) in [6.07, 6.45) is 0.182. The molecule has 0 amide bonds. The second-order valence-electron chi connectivity index (χ2n) is 7.95. The van der Waals surface area contributed by atoms with Gasteiger partial charge in [-0.2, -0.15) is 4.22 Å². The minimum Gasteiger partial charge on any atom is -0.514 e. The third-order valence-electron chi connectivity index (χ3n) is 5.72. The van der Waals surface area contributed by atoms with E-state index >= 15 is 0 Å². The van der Waals surface area contributed by atoms with Crippen LogP contribution >= 0.6 is 0 Å². The first-order valence-electron chi connectivity index (χ1n) is 10.4. The monoisotopic (exact) mass is 444 g/mol. The van der Waals surface area contributed by atoms with E-state index < -0.39 is 29.1 Å². The Balaban J connectivity index is 1.58. The third-order valence-corrected chi connectivity index (χ3v) is 7.59. The van der Waals surface area contributed by atoms with Gasteiger partial charge in [0.25, 0.3) is 0 Å². The molecule has 4 aromatic rings. The zero-order valence-electron chi connectivity index (χ0n) is 17.4. The molecule has 32 heavy (non-hydrogen) atoms. The Kier molecular flexibility index (Phi) is 5.11. The van der Waals surface area contributed by atoms with E-state index in [-0.39, 0.29) is 11.3 Å². The molecule has 5 rings (SSSR count). The van der Waals surface area contributed by atoms with E-state index in [0.29, 0.717) is 5.46 Å². The van der Waals surface area contributed by atoms with E-state index in [1.165, 1.54) is 4.22 Å². The zero-order chi connectivity index (χ0) is 22.3. The van der Waals surface area contributed by atoms with Crippen molar-refractivity contribution >= 4 is 39.4 Å². The molecule has 2 heterocycles. The van der Waals surface area contributed by atoms with Crippen LogP contribution in [-0.4, -0.2) is 36.7 Å². The lowest BCUT2D eigenvalue weighted by atomic mass is 9.74. The van der Waals surface area contributed by atoms with Crippen molar-refractivity contribution in [2.24, 2.45) is 0 Å². The van der Waals surface area contributed by atoms with Crippen LogP contribution in [0.2, 0.25) is 0 Å². The largest absolute Gasteiger partial charge is 0.514 e. The van der Waals surface area contributed by atoms with Crippen molar-refractivity contribution < 1.29 is 17.9 Å². The smallest absolute Gasteiger partial charge is 0.502 e. The number of benzene rings is 3. The summed E-state index contributed by atoms with van der Waals surface area (Å²) in [5.74, 6) is -0.562. The average Bonchev–Trinajstić information content (AvgIpc) is 3.35. The van der Waals surface area contributed by atoms with Gasteiger partial charge in [0.1, 0.15) is 6.04 Å². The van der Waals surface area contributed by atoms with Gasteiger partial charge in [0.05, 0.1) is 4.90 Å². The van der Waals surface area contributed by atoms with Crippen LogP contribution in [0.15, 0.2) is 89.8 Å². The number of carbonyl (C=O) groups excluding carboxylic acids is 1. The summed E-state index contributed by atoms with van der Waals surface area (Å²) in [5, 5.41) is 1.00. The number of hydrogen-bond donors (Lipinski definition) is 1. The Morgan fingerprint density at radius 1 is 0.969 bits per heavy atom. The molecule has 160 valence electrons. The first-order chi connectivity index (χ1) is 15.4. The molecule has 1 saturated heterocycles. The van der Waals surface area contributed by atoms with Crippen molar-refractivity contribution in [2.75, 3.05) is 0 Å². The number of hydrogen-bond acceptors (Lipinski definition) is 4. The fourth-order valence-corrected chi connectivity index (χ4v) is 5.73. The molecule has 0 unspecified atom stereocenters. The molecule has 1 aliphatic rings. The van der Waals surface area contributed by atoms with Crippen molar-refractivity contribution in [1.82, 2.24) is 9.20 Å². The normalized spacial score (nSPS) is 17.1. The average molecular weight is 444 g/mol. The van der Waals surface area contributed by atoms with Crippen molar-refractivity contribution in [3.05, 3.63) is 96.2 Å². The molecular weight excluding hydrogens is 423 g/mol. The standard InChI is InChI=1S/C24H21BN2O4S/c1-17-11-13-21(14-12-17)32(29,30)27-23(16-20-15-18-7-5-6-10-22(18)26-20)24(28)31-25(27)19-8-3-2-4-9-19/h2-15,23,26H,16H2,1H3/t23-/m1/s1. The Bertz CT molecular complexity index is 1350. The number of nitrogens with one attached hydrogen (secondary N) is 1. The van der Waals surface area contributed by atoms with Crippen LogP contribution in [0.5, 0.6) is 0 Å². The number of aromatic amines is 1. The van der Waals surface area contributed by atoms with Gasteiger partial charge in [0, 0.05) is 17.6 Å². The van der Waals surface area contributed by atoms with Gasteiger partial charge in [-0.3, -0.25) is 4.79 Å². The van der Waals surface area contributed by atoms with Crippen LogP contribution in [0.25, 0.3) is 10.9 Å². The highest BCUT2D eigenvalue weighted by molar-refractivity contribution is 7.90. The molecule has 1 fully saturated rings. The van der Waals surface area contributed by atoms with Gasteiger partial charge in [-0.25, -0.2) is 8.42 Å². The molecule has 1 N–H and O–H groups in total. The summed E-state index contributed by atoms with van der Waals surface area (Å²) >= 11 is 0. The van der Waals surface area contributed by atoms with E-state index in [0.717, 1.165) is 22.2 Å². The predicted octanol–water partition coefficient (Wildman–Crippen LogP) is 3.03. The van der Waals surface area contributed by atoms with E-state index in [1.807, 2.05) is 43.3 Å². The summed E-state index contributed by atoms with van der Waals surface area (Å²) in [6, 6.07) is 24.3. The van der Waals surface area contributed by atoms with Crippen molar-refractivity contribution in [1.29, 1.82) is 0 Å². The van der Waals surface area contributed by atoms with Crippen LogP contribution in [0, 0.1) is 6.92 Å². The molecule has 3 aromatic carbocycles. The van der Waals surface area contributed by atoms with Crippen LogP contribution in [0.4, 0.5) is 0 Å². The summed E-state index contributed by atoms with van der Waals surface area (Å²) in [5.41, 5.74) is 3.26. The first-order valence-corrected chi connectivity index (χ1v) is 11.8. The first kappa shape index (κ1) is 20.5. The Morgan fingerprint density at radius 3 is 2.38 bits per heavy atom. The molecule has 1 aliphatic heterocycles. The van der Waals surface area contributed by atoms with Gasteiger partial charge in [-0.05, 0) is 42.0 Å². The minimum absolute atomic E-state index is 0.129. The Labute approximate surface area is 187 Å². The summed E-state index contributed by atoms with van der Waals surface area (Å²) in [6.45, 7) is 1.89. The van der Waals surface area contributed by atoms with E-state index in [9.17, 15) is 13.2 Å². The van der Waals surface area contributed by atoms with Crippen molar-refractivity contribution in [3.8, 4) is 0 Å². The van der Waals surface area contributed by atoms with Gasteiger partial charge in [-0.15, -0.1) is 0 Å². The lowest BCUT2D eigenvalue weighted by Crippen LogP contribution is -2.51.